The van der Waals surface area contributed by atoms with Gasteiger partial charge in [0.1, 0.15) is 11.5 Å². The van der Waals surface area contributed by atoms with Crippen LogP contribution in [0, 0.1) is 13.8 Å². The monoisotopic (exact) mass is 492 g/mol. The van der Waals surface area contributed by atoms with Gasteiger partial charge in [0.25, 0.3) is 5.91 Å². The van der Waals surface area contributed by atoms with E-state index in [0.29, 0.717) is 28.6 Å². The Balaban J connectivity index is 1.65. The van der Waals surface area contributed by atoms with E-state index in [0.717, 1.165) is 11.1 Å². The number of rotatable bonds is 10. The second kappa shape index (κ2) is 12.3. The maximum absolute atomic E-state index is 12.8. The number of amides is 1. The first-order valence-electron chi connectivity index (χ1n) is 11.0. The molecule has 3 rings (SSSR count). The van der Waals surface area contributed by atoms with Crippen molar-refractivity contribution in [3.05, 3.63) is 76.9 Å². The number of carbonyl (C=O) groups is 2. The molecule has 36 heavy (non-hydrogen) atoms. The van der Waals surface area contributed by atoms with Crippen LogP contribution in [0.15, 0.2) is 59.7 Å². The lowest BCUT2D eigenvalue weighted by molar-refractivity contribution is -0.123. The van der Waals surface area contributed by atoms with Crippen LogP contribution >= 0.6 is 0 Å². The SMILES string of the molecule is COc1cc(C(=O)Oc2ccccc2/C=N\NC(=O)COc2ccc(C)c(C)c2)cc(OC)c1OC. The highest BCUT2D eigenvalue weighted by Gasteiger charge is 2.19. The molecule has 0 saturated carbocycles. The molecular formula is C27H28N2O7. The Morgan fingerprint density at radius 3 is 2.19 bits per heavy atom. The van der Waals surface area contributed by atoms with E-state index in [9.17, 15) is 9.59 Å². The van der Waals surface area contributed by atoms with Gasteiger partial charge in [0.15, 0.2) is 18.1 Å². The van der Waals surface area contributed by atoms with Gasteiger partial charge in [0.05, 0.1) is 33.1 Å². The van der Waals surface area contributed by atoms with Gasteiger partial charge < -0.3 is 23.7 Å². The number of para-hydroxylation sites is 1. The van der Waals surface area contributed by atoms with Crippen molar-refractivity contribution in [3.8, 4) is 28.7 Å². The van der Waals surface area contributed by atoms with Gasteiger partial charge in [-0.15, -0.1) is 0 Å². The van der Waals surface area contributed by atoms with Crippen LogP contribution in [-0.2, 0) is 4.79 Å². The molecule has 0 bridgehead atoms. The normalized spacial score (nSPS) is 10.6. The summed E-state index contributed by atoms with van der Waals surface area (Å²) >= 11 is 0. The number of hydrazone groups is 1. The predicted molar refractivity (Wildman–Crippen MR) is 135 cm³/mol. The zero-order valence-electron chi connectivity index (χ0n) is 20.8. The van der Waals surface area contributed by atoms with Crippen LogP contribution in [0.3, 0.4) is 0 Å². The molecule has 0 fully saturated rings. The van der Waals surface area contributed by atoms with Gasteiger partial charge in [-0.05, 0) is 61.4 Å². The number of hydrogen-bond acceptors (Lipinski definition) is 8. The predicted octanol–water partition coefficient (Wildman–Crippen LogP) is 4.08. The van der Waals surface area contributed by atoms with Crippen molar-refractivity contribution in [2.24, 2.45) is 5.10 Å². The molecule has 0 aliphatic carbocycles. The van der Waals surface area contributed by atoms with Gasteiger partial charge >= 0.3 is 5.97 Å². The lowest BCUT2D eigenvalue weighted by Gasteiger charge is -2.14. The van der Waals surface area contributed by atoms with Gasteiger partial charge in [-0.2, -0.15) is 5.10 Å². The molecule has 0 aliphatic heterocycles. The molecule has 9 heteroatoms. The number of carbonyl (C=O) groups excluding carboxylic acids is 2. The standard InChI is InChI=1S/C27H28N2O7/c1-17-10-11-21(12-18(17)2)35-16-25(30)29-28-15-19-8-6-7-9-22(19)36-27(31)20-13-23(32-3)26(34-5)24(14-20)33-4/h6-15H,16H2,1-5H3,(H,29,30)/b28-15-. The zero-order valence-corrected chi connectivity index (χ0v) is 20.8. The summed E-state index contributed by atoms with van der Waals surface area (Å²) in [6.45, 7) is 3.77. The molecule has 9 nitrogen and oxygen atoms in total. The average Bonchev–Trinajstić information content (AvgIpc) is 2.89. The molecule has 188 valence electrons. The summed E-state index contributed by atoms with van der Waals surface area (Å²) in [5.41, 5.74) is 5.30. The lowest BCUT2D eigenvalue weighted by Crippen LogP contribution is -2.24. The zero-order chi connectivity index (χ0) is 26.1. The summed E-state index contributed by atoms with van der Waals surface area (Å²) in [5, 5.41) is 3.95. The van der Waals surface area contributed by atoms with E-state index in [1.807, 2.05) is 26.0 Å². The maximum atomic E-state index is 12.8. The van der Waals surface area contributed by atoms with E-state index < -0.39 is 11.9 Å². The van der Waals surface area contributed by atoms with E-state index in [4.69, 9.17) is 23.7 Å². The summed E-state index contributed by atoms with van der Waals surface area (Å²) < 4.78 is 26.9. The minimum absolute atomic E-state index is 0.197. The summed E-state index contributed by atoms with van der Waals surface area (Å²) in [5.74, 6) is 0.786. The fourth-order valence-corrected chi connectivity index (χ4v) is 3.20. The number of aryl methyl sites for hydroxylation is 2. The number of methoxy groups -OCH3 is 3. The van der Waals surface area contributed by atoms with Crippen LogP contribution in [0.5, 0.6) is 28.7 Å². The van der Waals surface area contributed by atoms with Crippen LogP contribution in [-0.4, -0.2) is 46.0 Å². The Morgan fingerprint density at radius 1 is 0.861 bits per heavy atom. The number of ether oxygens (including phenoxy) is 5. The summed E-state index contributed by atoms with van der Waals surface area (Å²) in [6, 6.07) is 15.4. The molecular weight excluding hydrogens is 464 g/mol. The molecule has 0 saturated heterocycles. The van der Waals surface area contributed by atoms with Crippen molar-refractivity contribution >= 4 is 18.1 Å². The fourth-order valence-electron chi connectivity index (χ4n) is 3.20. The number of nitrogens with zero attached hydrogens (tertiary/aromatic N) is 1. The molecule has 1 amide bonds. The first kappa shape index (κ1) is 26.1. The number of nitrogens with one attached hydrogen (secondary N) is 1. The third-order valence-corrected chi connectivity index (χ3v) is 5.26. The van der Waals surface area contributed by atoms with Gasteiger partial charge in [-0.3, -0.25) is 4.79 Å². The fraction of sp³-hybridized carbons (Fsp3) is 0.222. The molecule has 3 aromatic carbocycles. The minimum atomic E-state index is -0.638. The molecule has 0 spiro atoms. The topological polar surface area (TPSA) is 105 Å². The third-order valence-electron chi connectivity index (χ3n) is 5.26. The van der Waals surface area contributed by atoms with Gasteiger partial charge in [0, 0.05) is 5.56 Å². The van der Waals surface area contributed by atoms with Crippen molar-refractivity contribution < 1.29 is 33.3 Å². The Labute approximate surface area is 209 Å². The van der Waals surface area contributed by atoms with Crippen LogP contribution in [0.4, 0.5) is 0 Å². The molecule has 1 N–H and O–H groups in total. The second-order valence-electron chi connectivity index (χ2n) is 7.67. The van der Waals surface area contributed by atoms with Crippen molar-refractivity contribution in [1.82, 2.24) is 5.43 Å². The Hall–Kier alpha value is -4.53. The quantitative estimate of drug-likeness (QED) is 0.197. The number of hydrogen-bond donors (Lipinski definition) is 1. The maximum Gasteiger partial charge on any atom is 0.343 e. The van der Waals surface area contributed by atoms with Crippen molar-refractivity contribution in [2.45, 2.75) is 13.8 Å². The van der Waals surface area contributed by atoms with Crippen LogP contribution in [0.25, 0.3) is 0 Å². The van der Waals surface area contributed by atoms with Crippen LogP contribution in [0.1, 0.15) is 27.0 Å². The number of benzene rings is 3. The average molecular weight is 493 g/mol. The highest BCUT2D eigenvalue weighted by molar-refractivity contribution is 5.94. The van der Waals surface area contributed by atoms with E-state index in [-0.39, 0.29) is 17.9 Å². The molecule has 0 aliphatic rings. The van der Waals surface area contributed by atoms with Crippen molar-refractivity contribution in [1.29, 1.82) is 0 Å². The highest BCUT2D eigenvalue weighted by Crippen LogP contribution is 2.38. The Bertz CT molecular complexity index is 1250. The second-order valence-corrected chi connectivity index (χ2v) is 7.67. The smallest absolute Gasteiger partial charge is 0.343 e. The van der Waals surface area contributed by atoms with Crippen molar-refractivity contribution in [2.75, 3.05) is 27.9 Å². The largest absolute Gasteiger partial charge is 0.493 e. The van der Waals surface area contributed by atoms with Crippen LogP contribution < -0.4 is 29.1 Å². The summed E-state index contributed by atoms with van der Waals surface area (Å²) in [7, 11) is 4.39. The first-order valence-corrected chi connectivity index (χ1v) is 11.0. The molecule has 0 heterocycles. The summed E-state index contributed by atoms with van der Waals surface area (Å²) in [4.78, 5) is 25.0. The molecule has 0 unspecified atom stereocenters. The summed E-state index contributed by atoms with van der Waals surface area (Å²) in [6.07, 6.45) is 1.38. The van der Waals surface area contributed by atoms with Gasteiger partial charge in [-0.1, -0.05) is 18.2 Å². The van der Waals surface area contributed by atoms with Gasteiger partial charge in [0.2, 0.25) is 5.75 Å². The van der Waals surface area contributed by atoms with Crippen LogP contribution in [0.2, 0.25) is 0 Å². The molecule has 3 aromatic rings. The Kier molecular flexibility index (Phi) is 8.88. The van der Waals surface area contributed by atoms with E-state index in [1.54, 1.807) is 30.3 Å². The Morgan fingerprint density at radius 2 is 1.56 bits per heavy atom. The highest BCUT2D eigenvalue weighted by atomic mass is 16.5. The molecule has 0 aromatic heterocycles. The first-order chi connectivity index (χ1) is 17.4. The minimum Gasteiger partial charge on any atom is -0.493 e. The lowest BCUT2D eigenvalue weighted by atomic mass is 10.1. The number of esters is 1. The van der Waals surface area contributed by atoms with Gasteiger partial charge in [-0.25, -0.2) is 10.2 Å². The molecule has 0 atom stereocenters. The van der Waals surface area contributed by atoms with Crippen molar-refractivity contribution in [3.63, 3.8) is 0 Å². The third kappa shape index (κ3) is 6.53. The van der Waals surface area contributed by atoms with E-state index in [1.165, 1.54) is 39.7 Å². The van der Waals surface area contributed by atoms with E-state index >= 15 is 0 Å². The molecule has 0 radical (unpaired) electrons. The van der Waals surface area contributed by atoms with E-state index in [2.05, 4.69) is 10.5 Å².